The van der Waals surface area contributed by atoms with Gasteiger partial charge in [-0.05, 0) is 19.1 Å². The molecule has 0 fully saturated rings. The highest BCUT2D eigenvalue weighted by molar-refractivity contribution is 9.06. The van der Waals surface area contributed by atoms with Gasteiger partial charge in [0.25, 0.3) is 0 Å². The lowest BCUT2D eigenvalue weighted by molar-refractivity contribution is -0.0593. The van der Waals surface area contributed by atoms with E-state index in [0.29, 0.717) is 0 Å². The minimum Gasteiger partial charge on any atom is -0.462 e. The quantitative estimate of drug-likeness (QED) is 0.759. The Morgan fingerprint density at radius 2 is 1.69 bits per heavy atom. The average Bonchev–Trinajstić information content (AvgIpc) is 2.09. The summed E-state index contributed by atoms with van der Waals surface area (Å²) in [6, 6.07) is 7.84. The molecule has 0 saturated carbocycles. The van der Waals surface area contributed by atoms with Gasteiger partial charge in [-0.15, -0.1) is 0 Å². The number of halogens is 1. The first kappa shape index (κ1) is 10.5. The Morgan fingerprint density at radius 1 is 1.15 bits per heavy atom. The number of hydrogen-bond donors (Lipinski definition) is 0. The van der Waals surface area contributed by atoms with Gasteiger partial charge >= 0.3 is 0 Å². The number of rotatable bonds is 3. The van der Waals surface area contributed by atoms with Gasteiger partial charge in [0.1, 0.15) is 22.0 Å². The Balaban J connectivity index is 2.69. The van der Waals surface area contributed by atoms with Crippen LogP contribution in [0.2, 0.25) is 0 Å². The first-order valence-electron chi connectivity index (χ1n) is 4.09. The average molecular weight is 245 g/mol. The van der Waals surface area contributed by atoms with E-state index in [1.165, 1.54) is 5.56 Å². The third kappa shape index (κ3) is 3.36. The molecular weight excluding hydrogens is 232 g/mol. The molecular formula is C10H13BrO2. The number of hydrogen-bond acceptors (Lipinski definition) is 2. The smallest absolute Gasteiger partial charge is 0.217 e. The fourth-order valence-corrected chi connectivity index (χ4v) is 0.972. The van der Waals surface area contributed by atoms with Crippen molar-refractivity contribution in [3.63, 3.8) is 0 Å². The molecule has 0 aliphatic carbocycles. The minimum atomic E-state index is -0.644. The summed E-state index contributed by atoms with van der Waals surface area (Å²) in [6.45, 7) is 5.71. The van der Waals surface area contributed by atoms with E-state index < -0.39 is 5.79 Å². The first-order chi connectivity index (χ1) is 6.03. The van der Waals surface area contributed by atoms with Gasteiger partial charge in [0.2, 0.25) is 5.79 Å². The molecule has 0 bridgehead atoms. The summed E-state index contributed by atoms with van der Waals surface area (Å²) in [6.07, 6.45) is 0. The van der Waals surface area contributed by atoms with E-state index in [0.717, 1.165) is 5.75 Å². The number of ether oxygens (including phenoxy) is 1. The highest BCUT2D eigenvalue weighted by Crippen LogP contribution is 2.21. The van der Waals surface area contributed by atoms with Gasteiger partial charge in [-0.1, -0.05) is 17.7 Å². The van der Waals surface area contributed by atoms with Gasteiger partial charge in [-0.25, -0.2) is 0 Å². The van der Waals surface area contributed by atoms with Crippen LogP contribution in [0.4, 0.5) is 0 Å². The second-order valence-corrected chi connectivity index (χ2v) is 3.72. The maximum absolute atomic E-state index is 5.54. The maximum atomic E-state index is 5.54. The third-order valence-corrected chi connectivity index (χ3v) is 2.35. The van der Waals surface area contributed by atoms with Crippen molar-refractivity contribution in [2.45, 2.75) is 26.6 Å². The molecule has 0 aliphatic rings. The second kappa shape index (κ2) is 4.11. The third-order valence-electron chi connectivity index (χ3n) is 1.57. The van der Waals surface area contributed by atoms with Crippen LogP contribution in [0.3, 0.4) is 0 Å². The highest BCUT2D eigenvalue weighted by Gasteiger charge is 2.18. The van der Waals surface area contributed by atoms with Crippen LogP contribution in [-0.2, 0) is 3.83 Å². The molecule has 1 aromatic carbocycles. The van der Waals surface area contributed by atoms with Gasteiger partial charge in [0.15, 0.2) is 0 Å². The van der Waals surface area contributed by atoms with Crippen LogP contribution in [0, 0.1) is 6.92 Å². The van der Waals surface area contributed by atoms with Crippen LogP contribution in [0.5, 0.6) is 5.75 Å². The zero-order valence-electron chi connectivity index (χ0n) is 8.00. The molecule has 2 nitrogen and oxygen atoms in total. The Morgan fingerprint density at radius 3 is 2.15 bits per heavy atom. The Labute approximate surface area is 87.3 Å². The molecule has 0 aliphatic heterocycles. The van der Waals surface area contributed by atoms with E-state index in [2.05, 4.69) is 16.3 Å². The molecule has 0 spiro atoms. The molecule has 0 heterocycles. The van der Waals surface area contributed by atoms with Crippen LogP contribution >= 0.6 is 16.3 Å². The summed E-state index contributed by atoms with van der Waals surface area (Å²) in [5.41, 5.74) is 1.21. The summed E-state index contributed by atoms with van der Waals surface area (Å²) >= 11 is 2.92. The Bertz CT molecular complexity index is 267. The fraction of sp³-hybridized carbons (Fsp3) is 0.400. The molecule has 72 valence electrons. The molecule has 1 aromatic rings. The van der Waals surface area contributed by atoms with E-state index in [1.807, 2.05) is 45.0 Å². The minimum absolute atomic E-state index is 0.644. The second-order valence-electron chi connectivity index (χ2n) is 3.39. The predicted molar refractivity (Wildman–Crippen MR) is 55.9 cm³/mol. The largest absolute Gasteiger partial charge is 0.462 e. The SMILES string of the molecule is Cc1ccc(OC(C)(C)OBr)cc1. The van der Waals surface area contributed by atoms with Gasteiger partial charge in [-0.3, -0.25) is 3.83 Å². The normalized spacial score (nSPS) is 11.4. The summed E-state index contributed by atoms with van der Waals surface area (Å²) < 4.78 is 10.5. The van der Waals surface area contributed by atoms with Gasteiger partial charge < -0.3 is 4.74 Å². The lowest BCUT2D eigenvalue weighted by Crippen LogP contribution is -2.28. The number of aryl methyl sites for hydroxylation is 1. The van der Waals surface area contributed by atoms with Gasteiger partial charge in [-0.2, -0.15) is 0 Å². The van der Waals surface area contributed by atoms with Crippen molar-refractivity contribution in [1.29, 1.82) is 0 Å². The fourth-order valence-electron chi connectivity index (χ4n) is 0.906. The van der Waals surface area contributed by atoms with Crippen molar-refractivity contribution >= 4 is 16.3 Å². The Kier molecular flexibility index (Phi) is 3.33. The van der Waals surface area contributed by atoms with E-state index in [-0.39, 0.29) is 0 Å². The molecule has 1 rings (SSSR count). The predicted octanol–water partition coefficient (Wildman–Crippen LogP) is 3.44. The van der Waals surface area contributed by atoms with Gasteiger partial charge in [0.05, 0.1) is 0 Å². The molecule has 3 heteroatoms. The van der Waals surface area contributed by atoms with Gasteiger partial charge in [0, 0.05) is 13.8 Å². The molecule has 0 radical (unpaired) electrons. The Hall–Kier alpha value is -0.540. The van der Waals surface area contributed by atoms with Crippen LogP contribution < -0.4 is 4.74 Å². The maximum Gasteiger partial charge on any atom is 0.217 e. The van der Waals surface area contributed by atoms with Crippen molar-refractivity contribution in [1.82, 2.24) is 0 Å². The van der Waals surface area contributed by atoms with Crippen molar-refractivity contribution in [3.05, 3.63) is 29.8 Å². The molecule has 0 N–H and O–H groups in total. The standard InChI is InChI=1S/C10H13BrO2/c1-8-4-6-9(7-5-8)12-10(2,3)13-11/h4-7H,1-3H3. The van der Waals surface area contributed by atoms with Crippen molar-refractivity contribution in [3.8, 4) is 5.75 Å². The molecule has 0 atom stereocenters. The summed E-state index contributed by atoms with van der Waals surface area (Å²) in [5, 5.41) is 0. The first-order valence-corrected chi connectivity index (χ1v) is 4.74. The van der Waals surface area contributed by atoms with E-state index >= 15 is 0 Å². The lowest BCUT2D eigenvalue weighted by atomic mass is 10.2. The molecule has 0 aromatic heterocycles. The highest BCUT2D eigenvalue weighted by atomic mass is 79.9. The summed E-state index contributed by atoms with van der Waals surface area (Å²) in [7, 11) is 0. The summed E-state index contributed by atoms with van der Waals surface area (Å²) in [4.78, 5) is 0. The molecule has 0 saturated heterocycles. The zero-order chi connectivity index (χ0) is 9.90. The lowest BCUT2D eigenvalue weighted by Gasteiger charge is -2.22. The zero-order valence-corrected chi connectivity index (χ0v) is 9.59. The number of benzene rings is 1. The van der Waals surface area contributed by atoms with Crippen LogP contribution in [0.1, 0.15) is 19.4 Å². The molecule has 13 heavy (non-hydrogen) atoms. The monoisotopic (exact) mass is 244 g/mol. The van der Waals surface area contributed by atoms with Crippen molar-refractivity contribution in [2.24, 2.45) is 0 Å². The van der Waals surface area contributed by atoms with E-state index in [4.69, 9.17) is 8.57 Å². The van der Waals surface area contributed by atoms with Crippen LogP contribution in [-0.4, -0.2) is 5.79 Å². The van der Waals surface area contributed by atoms with Crippen LogP contribution in [0.25, 0.3) is 0 Å². The van der Waals surface area contributed by atoms with E-state index in [1.54, 1.807) is 0 Å². The molecule has 0 amide bonds. The van der Waals surface area contributed by atoms with E-state index in [9.17, 15) is 0 Å². The van der Waals surface area contributed by atoms with Crippen molar-refractivity contribution < 1.29 is 8.57 Å². The summed E-state index contributed by atoms with van der Waals surface area (Å²) in [5.74, 6) is 0.157. The van der Waals surface area contributed by atoms with Crippen molar-refractivity contribution in [2.75, 3.05) is 0 Å². The van der Waals surface area contributed by atoms with Crippen LogP contribution in [0.15, 0.2) is 24.3 Å². The topological polar surface area (TPSA) is 18.5 Å². The molecule has 0 unspecified atom stereocenters.